The van der Waals surface area contributed by atoms with Crippen LogP contribution in [0.15, 0.2) is 48.5 Å². The fraction of sp³-hybridized carbons (Fsp3) is 0.143. The number of ether oxygens (including phenoxy) is 1. The van der Waals surface area contributed by atoms with Gasteiger partial charge in [-0.1, -0.05) is 30.3 Å². The van der Waals surface area contributed by atoms with Gasteiger partial charge in [0, 0.05) is 12.1 Å². The molecule has 0 fully saturated rings. The SMILES string of the molecule is c1ccc(COc2ccc3c(c2)CNSO3)cc1. The Balaban J connectivity index is 1.70. The molecular formula is C14H13NO2S. The summed E-state index contributed by atoms with van der Waals surface area (Å²) in [6.45, 7) is 1.38. The average Bonchev–Trinajstić information content (AvgIpc) is 2.46. The van der Waals surface area contributed by atoms with E-state index in [1.807, 2.05) is 36.4 Å². The van der Waals surface area contributed by atoms with Gasteiger partial charge >= 0.3 is 0 Å². The van der Waals surface area contributed by atoms with Crippen LogP contribution in [0.1, 0.15) is 11.1 Å². The zero-order valence-electron chi connectivity index (χ0n) is 9.76. The number of nitrogens with one attached hydrogen (secondary N) is 1. The summed E-state index contributed by atoms with van der Waals surface area (Å²) in [4.78, 5) is 0. The molecule has 3 rings (SSSR count). The van der Waals surface area contributed by atoms with E-state index in [9.17, 15) is 0 Å². The summed E-state index contributed by atoms with van der Waals surface area (Å²) in [5, 5.41) is 0. The summed E-state index contributed by atoms with van der Waals surface area (Å²) >= 11 is 1.26. The van der Waals surface area contributed by atoms with Crippen LogP contribution in [-0.4, -0.2) is 0 Å². The van der Waals surface area contributed by atoms with E-state index in [0.29, 0.717) is 6.61 Å². The molecule has 2 aromatic rings. The van der Waals surface area contributed by atoms with Crippen LogP contribution in [-0.2, 0) is 13.2 Å². The largest absolute Gasteiger partial charge is 0.489 e. The highest BCUT2D eigenvalue weighted by Gasteiger charge is 2.11. The molecule has 3 nitrogen and oxygen atoms in total. The van der Waals surface area contributed by atoms with Crippen molar-refractivity contribution in [3.63, 3.8) is 0 Å². The molecule has 0 unspecified atom stereocenters. The van der Waals surface area contributed by atoms with E-state index < -0.39 is 0 Å². The first kappa shape index (κ1) is 11.4. The first-order valence-electron chi connectivity index (χ1n) is 5.78. The Morgan fingerprint density at radius 1 is 1.17 bits per heavy atom. The van der Waals surface area contributed by atoms with Gasteiger partial charge in [0.15, 0.2) is 0 Å². The lowest BCUT2D eigenvalue weighted by Gasteiger charge is -2.17. The molecule has 1 aliphatic heterocycles. The molecule has 0 atom stereocenters. The molecule has 0 bridgehead atoms. The van der Waals surface area contributed by atoms with E-state index in [-0.39, 0.29) is 0 Å². The maximum absolute atomic E-state index is 5.77. The van der Waals surface area contributed by atoms with Gasteiger partial charge in [-0.3, -0.25) is 0 Å². The fourth-order valence-corrected chi connectivity index (χ4v) is 2.31. The van der Waals surface area contributed by atoms with E-state index in [1.165, 1.54) is 17.8 Å². The number of benzene rings is 2. The maximum Gasteiger partial charge on any atom is 0.144 e. The minimum Gasteiger partial charge on any atom is -0.489 e. The molecular weight excluding hydrogens is 246 g/mol. The summed E-state index contributed by atoms with van der Waals surface area (Å²) < 4.78 is 14.2. The first-order chi connectivity index (χ1) is 8.92. The molecule has 92 valence electrons. The molecule has 2 aromatic carbocycles. The van der Waals surface area contributed by atoms with Crippen molar-refractivity contribution in [1.82, 2.24) is 4.72 Å². The summed E-state index contributed by atoms with van der Waals surface area (Å²) in [6, 6.07) is 16.0. The van der Waals surface area contributed by atoms with Crippen molar-refractivity contribution in [1.29, 1.82) is 0 Å². The Bertz CT molecular complexity index is 531. The van der Waals surface area contributed by atoms with Gasteiger partial charge in [-0.2, -0.15) is 0 Å². The minimum atomic E-state index is 0.586. The average molecular weight is 259 g/mol. The van der Waals surface area contributed by atoms with Crippen LogP contribution in [0.5, 0.6) is 11.5 Å². The molecule has 1 N–H and O–H groups in total. The molecule has 0 saturated carbocycles. The highest BCUT2D eigenvalue weighted by atomic mass is 32.2. The molecule has 4 heteroatoms. The third kappa shape index (κ3) is 2.60. The van der Waals surface area contributed by atoms with Gasteiger partial charge < -0.3 is 8.92 Å². The topological polar surface area (TPSA) is 30.5 Å². The molecule has 0 saturated heterocycles. The van der Waals surface area contributed by atoms with Gasteiger partial charge in [-0.25, -0.2) is 4.72 Å². The second-order valence-corrected chi connectivity index (χ2v) is 4.65. The van der Waals surface area contributed by atoms with E-state index in [2.05, 4.69) is 16.9 Å². The van der Waals surface area contributed by atoms with E-state index in [0.717, 1.165) is 23.6 Å². The summed E-state index contributed by atoms with van der Waals surface area (Å²) in [6.07, 6.45) is 0. The first-order valence-corrected chi connectivity index (χ1v) is 6.52. The summed E-state index contributed by atoms with van der Waals surface area (Å²) in [5.41, 5.74) is 2.29. The van der Waals surface area contributed by atoms with Crippen LogP contribution in [0.3, 0.4) is 0 Å². The number of fused-ring (bicyclic) bond motifs is 1. The lowest BCUT2D eigenvalue weighted by atomic mass is 10.2. The van der Waals surface area contributed by atoms with Crippen LogP contribution in [0, 0.1) is 0 Å². The molecule has 18 heavy (non-hydrogen) atoms. The van der Waals surface area contributed by atoms with E-state index in [4.69, 9.17) is 8.92 Å². The lowest BCUT2D eigenvalue weighted by molar-refractivity contribution is 0.305. The molecule has 0 aliphatic carbocycles. The van der Waals surface area contributed by atoms with Gasteiger partial charge in [-0.15, -0.1) is 0 Å². The second kappa shape index (κ2) is 5.33. The Hall–Kier alpha value is -1.65. The highest BCUT2D eigenvalue weighted by molar-refractivity contribution is 7.93. The highest BCUT2D eigenvalue weighted by Crippen LogP contribution is 2.29. The monoisotopic (exact) mass is 259 g/mol. The minimum absolute atomic E-state index is 0.586. The van der Waals surface area contributed by atoms with Crippen molar-refractivity contribution in [3.05, 3.63) is 59.7 Å². The molecule has 1 aliphatic rings. The predicted molar refractivity (Wildman–Crippen MR) is 72.3 cm³/mol. The van der Waals surface area contributed by atoms with E-state index in [1.54, 1.807) is 0 Å². The van der Waals surface area contributed by atoms with Gasteiger partial charge in [0.2, 0.25) is 0 Å². The lowest BCUT2D eigenvalue weighted by Crippen LogP contribution is -2.12. The maximum atomic E-state index is 5.77. The number of rotatable bonds is 3. The van der Waals surface area contributed by atoms with Crippen LogP contribution in [0.4, 0.5) is 0 Å². The Morgan fingerprint density at radius 3 is 2.94 bits per heavy atom. The smallest absolute Gasteiger partial charge is 0.144 e. The Labute approximate surface area is 110 Å². The van der Waals surface area contributed by atoms with Crippen molar-refractivity contribution >= 4 is 12.2 Å². The van der Waals surface area contributed by atoms with Gasteiger partial charge in [0.25, 0.3) is 0 Å². The van der Waals surface area contributed by atoms with Gasteiger partial charge in [0.05, 0.1) is 0 Å². The quantitative estimate of drug-likeness (QED) is 0.676. The Kier molecular flexibility index (Phi) is 3.39. The predicted octanol–water partition coefficient (Wildman–Crippen LogP) is 3.31. The second-order valence-electron chi connectivity index (χ2n) is 4.03. The van der Waals surface area contributed by atoms with Crippen LogP contribution in [0.25, 0.3) is 0 Å². The van der Waals surface area contributed by atoms with Crippen molar-refractivity contribution < 1.29 is 8.92 Å². The number of hydrogen-bond acceptors (Lipinski definition) is 4. The third-order valence-corrected chi connectivity index (χ3v) is 3.26. The van der Waals surface area contributed by atoms with Crippen molar-refractivity contribution in [2.24, 2.45) is 0 Å². The molecule has 1 heterocycles. The van der Waals surface area contributed by atoms with Crippen molar-refractivity contribution in [2.75, 3.05) is 0 Å². The zero-order valence-corrected chi connectivity index (χ0v) is 10.6. The fourth-order valence-electron chi connectivity index (χ4n) is 1.79. The van der Waals surface area contributed by atoms with Gasteiger partial charge in [-0.05, 0) is 23.8 Å². The van der Waals surface area contributed by atoms with Crippen LogP contribution >= 0.6 is 12.2 Å². The third-order valence-electron chi connectivity index (χ3n) is 2.73. The molecule has 0 radical (unpaired) electrons. The van der Waals surface area contributed by atoms with Gasteiger partial charge in [0.1, 0.15) is 30.3 Å². The molecule has 0 amide bonds. The Morgan fingerprint density at radius 2 is 2.06 bits per heavy atom. The summed E-state index contributed by atoms with van der Waals surface area (Å²) in [5.74, 6) is 1.78. The van der Waals surface area contributed by atoms with Crippen LogP contribution in [0.2, 0.25) is 0 Å². The van der Waals surface area contributed by atoms with Crippen LogP contribution < -0.4 is 13.6 Å². The normalized spacial score (nSPS) is 13.6. The number of hydrogen-bond donors (Lipinski definition) is 1. The summed E-state index contributed by atoms with van der Waals surface area (Å²) in [7, 11) is 0. The van der Waals surface area contributed by atoms with Crippen molar-refractivity contribution in [3.8, 4) is 11.5 Å². The molecule has 0 aromatic heterocycles. The van der Waals surface area contributed by atoms with E-state index >= 15 is 0 Å². The van der Waals surface area contributed by atoms with Crippen molar-refractivity contribution in [2.45, 2.75) is 13.2 Å². The molecule has 0 spiro atoms. The zero-order chi connectivity index (χ0) is 12.2. The standard InChI is InChI=1S/C14H13NO2S/c1-2-4-11(5-3-1)10-16-13-6-7-14-12(8-13)9-15-18-17-14/h1-8,15H,9-10H2.